The largest absolute Gasteiger partial charge is 0.380 e. The number of rotatable bonds is 9. The Labute approximate surface area is 87.8 Å². The first-order valence-electron chi connectivity index (χ1n) is 5.77. The van der Waals surface area contributed by atoms with Gasteiger partial charge in [0.2, 0.25) is 0 Å². The van der Waals surface area contributed by atoms with Crippen LogP contribution in [0.15, 0.2) is 0 Å². The molecule has 0 atom stereocenters. The summed E-state index contributed by atoms with van der Waals surface area (Å²) in [5.41, 5.74) is 0. The predicted octanol–water partition coefficient (Wildman–Crippen LogP) is 1.10. The standard InChI is InChI=1S/C11H24N2O/c1-12-7-3-4-9-14-10-8-13(2)11-5-6-11/h11-12H,3-10H2,1-2H3. The molecule has 3 nitrogen and oxygen atoms in total. The van der Waals surface area contributed by atoms with Crippen molar-refractivity contribution in [3.05, 3.63) is 0 Å². The molecule has 1 aliphatic carbocycles. The van der Waals surface area contributed by atoms with E-state index in [0.29, 0.717) is 0 Å². The highest BCUT2D eigenvalue weighted by Gasteiger charge is 2.25. The SMILES string of the molecule is CNCCCCOCCN(C)C1CC1. The van der Waals surface area contributed by atoms with Crippen molar-refractivity contribution in [2.45, 2.75) is 31.7 Å². The number of hydrogen-bond donors (Lipinski definition) is 1. The Morgan fingerprint density at radius 1 is 1.29 bits per heavy atom. The van der Waals surface area contributed by atoms with Crippen LogP contribution < -0.4 is 5.32 Å². The minimum Gasteiger partial charge on any atom is -0.380 e. The van der Waals surface area contributed by atoms with Crippen LogP contribution in [0.1, 0.15) is 25.7 Å². The van der Waals surface area contributed by atoms with Crippen LogP contribution in [0, 0.1) is 0 Å². The summed E-state index contributed by atoms with van der Waals surface area (Å²) < 4.78 is 5.56. The third-order valence-corrected chi connectivity index (χ3v) is 2.72. The van der Waals surface area contributed by atoms with Gasteiger partial charge in [0.15, 0.2) is 0 Å². The van der Waals surface area contributed by atoms with Crippen LogP contribution in [-0.2, 0) is 4.74 Å². The van der Waals surface area contributed by atoms with Crippen LogP contribution in [0.25, 0.3) is 0 Å². The summed E-state index contributed by atoms with van der Waals surface area (Å²) in [6.07, 6.45) is 5.17. The van der Waals surface area contributed by atoms with Crippen molar-refractivity contribution in [3.8, 4) is 0 Å². The third kappa shape index (κ3) is 5.58. The predicted molar refractivity (Wildman–Crippen MR) is 59.6 cm³/mol. The summed E-state index contributed by atoms with van der Waals surface area (Å²) in [7, 11) is 4.19. The molecule has 1 N–H and O–H groups in total. The minimum atomic E-state index is 0.864. The molecule has 1 aliphatic rings. The molecule has 14 heavy (non-hydrogen) atoms. The van der Waals surface area contributed by atoms with Crippen molar-refractivity contribution in [2.75, 3.05) is 40.4 Å². The minimum absolute atomic E-state index is 0.864. The molecule has 0 saturated heterocycles. The van der Waals surface area contributed by atoms with Crippen molar-refractivity contribution in [2.24, 2.45) is 0 Å². The zero-order valence-corrected chi connectivity index (χ0v) is 9.59. The average Bonchev–Trinajstić information content (AvgIpc) is 2.99. The monoisotopic (exact) mass is 200 g/mol. The van der Waals surface area contributed by atoms with Gasteiger partial charge in [-0.25, -0.2) is 0 Å². The first kappa shape index (κ1) is 12.0. The fourth-order valence-corrected chi connectivity index (χ4v) is 1.51. The van der Waals surface area contributed by atoms with Crippen molar-refractivity contribution >= 4 is 0 Å². The maximum absolute atomic E-state index is 5.56. The van der Waals surface area contributed by atoms with Gasteiger partial charge in [-0.05, 0) is 46.3 Å². The first-order valence-corrected chi connectivity index (χ1v) is 5.77. The molecule has 0 bridgehead atoms. The maximum atomic E-state index is 5.56. The zero-order valence-electron chi connectivity index (χ0n) is 9.59. The van der Waals surface area contributed by atoms with E-state index in [0.717, 1.165) is 32.3 Å². The first-order chi connectivity index (χ1) is 6.84. The normalized spacial score (nSPS) is 16.5. The summed E-state index contributed by atoms with van der Waals surface area (Å²) in [4.78, 5) is 2.41. The second kappa shape index (κ2) is 7.21. The van der Waals surface area contributed by atoms with Crippen LogP contribution in [0.4, 0.5) is 0 Å². The van der Waals surface area contributed by atoms with Gasteiger partial charge in [-0.15, -0.1) is 0 Å². The molecule has 0 radical (unpaired) electrons. The molecule has 1 saturated carbocycles. The molecule has 0 aromatic carbocycles. The smallest absolute Gasteiger partial charge is 0.0593 e. The van der Waals surface area contributed by atoms with Crippen molar-refractivity contribution in [1.82, 2.24) is 10.2 Å². The molecule has 0 aliphatic heterocycles. The van der Waals surface area contributed by atoms with Gasteiger partial charge < -0.3 is 15.0 Å². The quantitative estimate of drug-likeness (QED) is 0.564. The molecule has 1 rings (SSSR count). The Morgan fingerprint density at radius 3 is 2.71 bits per heavy atom. The van der Waals surface area contributed by atoms with Gasteiger partial charge in [0.25, 0.3) is 0 Å². The molecule has 0 amide bonds. The van der Waals surface area contributed by atoms with Crippen LogP contribution in [0.5, 0.6) is 0 Å². The number of unbranched alkanes of at least 4 members (excludes halogenated alkanes) is 1. The Bertz CT molecular complexity index is 137. The summed E-state index contributed by atoms with van der Waals surface area (Å²) in [6, 6.07) is 0.864. The Kier molecular flexibility index (Phi) is 6.15. The van der Waals surface area contributed by atoms with E-state index in [9.17, 15) is 0 Å². The Hall–Kier alpha value is -0.120. The van der Waals surface area contributed by atoms with E-state index in [4.69, 9.17) is 4.74 Å². The van der Waals surface area contributed by atoms with Gasteiger partial charge in [-0.3, -0.25) is 0 Å². The lowest BCUT2D eigenvalue weighted by Crippen LogP contribution is -2.25. The maximum Gasteiger partial charge on any atom is 0.0593 e. The van der Waals surface area contributed by atoms with E-state index in [1.54, 1.807) is 0 Å². The number of nitrogens with zero attached hydrogens (tertiary/aromatic N) is 1. The molecule has 0 heterocycles. The Balaban J connectivity index is 1.75. The molecule has 84 valence electrons. The lowest BCUT2D eigenvalue weighted by atomic mass is 10.3. The highest BCUT2D eigenvalue weighted by Crippen LogP contribution is 2.24. The highest BCUT2D eigenvalue weighted by molar-refractivity contribution is 4.81. The van der Waals surface area contributed by atoms with E-state index in [-0.39, 0.29) is 0 Å². The van der Waals surface area contributed by atoms with Gasteiger partial charge in [0.1, 0.15) is 0 Å². The van der Waals surface area contributed by atoms with Gasteiger partial charge in [-0.1, -0.05) is 0 Å². The summed E-state index contributed by atoms with van der Waals surface area (Å²) in [6.45, 7) is 4.01. The van der Waals surface area contributed by atoms with Crippen LogP contribution in [-0.4, -0.2) is 51.3 Å². The molecular formula is C11H24N2O. The van der Waals surface area contributed by atoms with Crippen LogP contribution >= 0.6 is 0 Å². The fraction of sp³-hybridized carbons (Fsp3) is 1.00. The molecule has 1 fully saturated rings. The van der Waals surface area contributed by atoms with Crippen LogP contribution in [0.2, 0.25) is 0 Å². The molecular weight excluding hydrogens is 176 g/mol. The number of likely N-dealkylation sites (N-methyl/N-ethyl adjacent to an activating group) is 1. The van der Waals surface area contributed by atoms with E-state index >= 15 is 0 Å². The number of hydrogen-bond acceptors (Lipinski definition) is 3. The van der Waals surface area contributed by atoms with Crippen molar-refractivity contribution in [3.63, 3.8) is 0 Å². The van der Waals surface area contributed by atoms with Crippen molar-refractivity contribution < 1.29 is 4.74 Å². The highest BCUT2D eigenvalue weighted by atomic mass is 16.5. The summed E-state index contributed by atoms with van der Waals surface area (Å²) in [5, 5.41) is 3.14. The molecule has 0 unspecified atom stereocenters. The summed E-state index contributed by atoms with van der Waals surface area (Å²) >= 11 is 0. The average molecular weight is 200 g/mol. The molecule has 3 heteroatoms. The van der Waals surface area contributed by atoms with Crippen LogP contribution in [0.3, 0.4) is 0 Å². The third-order valence-electron chi connectivity index (χ3n) is 2.72. The van der Waals surface area contributed by atoms with Gasteiger partial charge >= 0.3 is 0 Å². The molecule has 0 aromatic rings. The van der Waals surface area contributed by atoms with E-state index in [2.05, 4.69) is 17.3 Å². The van der Waals surface area contributed by atoms with Gasteiger partial charge in [0, 0.05) is 19.2 Å². The topological polar surface area (TPSA) is 24.5 Å². The zero-order chi connectivity index (χ0) is 10.2. The van der Waals surface area contributed by atoms with E-state index in [1.165, 1.54) is 25.7 Å². The second-order valence-electron chi connectivity index (χ2n) is 4.13. The molecule has 0 aromatic heterocycles. The van der Waals surface area contributed by atoms with E-state index < -0.39 is 0 Å². The van der Waals surface area contributed by atoms with Gasteiger partial charge in [-0.2, -0.15) is 0 Å². The lowest BCUT2D eigenvalue weighted by Gasteiger charge is -2.15. The lowest BCUT2D eigenvalue weighted by molar-refractivity contribution is 0.107. The number of nitrogens with one attached hydrogen (secondary N) is 1. The van der Waals surface area contributed by atoms with E-state index in [1.807, 2.05) is 7.05 Å². The summed E-state index contributed by atoms with van der Waals surface area (Å²) in [5.74, 6) is 0. The van der Waals surface area contributed by atoms with Gasteiger partial charge in [0.05, 0.1) is 6.61 Å². The Morgan fingerprint density at radius 2 is 2.07 bits per heavy atom. The molecule has 0 spiro atoms. The van der Waals surface area contributed by atoms with Crippen molar-refractivity contribution in [1.29, 1.82) is 0 Å². The number of ether oxygens (including phenoxy) is 1. The fourth-order valence-electron chi connectivity index (χ4n) is 1.51. The second-order valence-corrected chi connectivity index (χ2v) is 4.13.